The fourth-order valence-corrected chi connectivity index (χ4v) is 3.04. The number of ether oxygens (including phenoxy) is 1. The van der Waals surface area contributed by atoms with Crippen LogP contribution >= 0.6 is 12.4 Å². The predicted octanol–water partition coefficient (Wildman–Crippen LogP) is 1.95. The Morgan fingerprint density at radius 2 is 1.95 bits per heavy atom. The zero-order valence-electron chi connectivity index (χ0n) is 12.1. The molecule has 2 N–H and O–H groups in total. The van der Waals surface area contributed by atoms with Gasteiger partial charge in [0.1, 0.15) is 0 Å². The topological polar surface area (TPSA) is 55.6 Å². The van der Waals surface area contributed by atoms with Crippen LogP contribution in [0.5, 0.6) is 0 Å². The number of nitrogens with zero attached hydrogens (tertiary/aromatic N) is 1. The van der Waals surface area contributed by atoms with E-state index in [-0.39, 0.29) is 23.7 Å². The lowest BCUT2D eigenvalue weighted by Gasteiger charge is -2.44. The van der Waals surface area contributed by atoms with Crippen molar-refractivity contribution >= 4 is 18.3 Å². The maximum absolute atomic E-state index is 12.6. The highest BCUT2D eigenvalue weighted by Crippen LogP contribution is 2.34. The van der Waals surface area contributed by atoms with Crippen LogP contribution in [0.3, 0.4) is 0 Å². The summed E-state index contributed by atoms with van der Waals surface area (Å²) >= 11 is 0. The number of halogens is 1. The highest BCUT2D eigenvalue weighted by Gasteiger charge is 2.41. The van der Waals surface area contributed by atoms with Crippen molar-refractivity contribution in [1.82, 2.24) is 4.90 Å². The second kappa shape index (κ2) is 6.42. The first-order valence-electron chi connectivity index (χ1n) is 7.15. The Bertz CT molecular complexity index is 319. The highest BCUT2D eigenvalue weighted by molar-refractivity contribution is 5.86. The van der Waals surface area contributed by atoms with Gasteiger partial charge < -0.3 is 15.4 Å². The quantitative estimate of drug-likeness (QED) is 0.846. The molecular weight excluding hydrogens is 264 g/mol. The summed E-state index contributed by atoms with van der Waals surface area (Å²) in [6, 6.07) is 0. The first-order chi connectivity index (χ1) is 8.49. The molecule has 2 heterocycles. The van der Waals surface area contributed by atoms with Crippen molar-refractivity contribution in [2.45, 2.75) is 51.5 Å². The Balaban J connectivity index is 0.00000180. The Morgan fingerprint density at radius 3 is 2.53 bits per heavy atom. The van der Waals surface area contributed by atoms with Crippen LogP contribution in [-0.2, 0) is 9.53 Å². The molecule has 2 aliphatic rings. The van der Waals surface area contributed by atoms with Gasteiger partial charge >= 0.3 is 0 Å². The number of hydrogen-bond donors (Lipinski definition) is 1. The van der Waals surface area contributed by atoms with E-state index in [1.54, 1.807) is 0 Å². The lowest BCUT2D eigenvalue weighted by molar-refractivity contribution is -0.144. The molecule has 1 atom stereocenters. The van der Waals surface area contributed by atoms with Crippen LogP contribution in [0.25, 0.3) is 0 Å². The lowest BCUT2D eigenvalue weighted by Crippen LogP contribution is -2.60. The maximum Gasteiger partial charge on any atom is 0.242 e. The molecular formula is C14H27ClN2O2. The molecule has 0 aromatic rings. The third-order valence-corrected chi connectivity index (χ3v) is 4.73. The van der Waals surface area contributed by atoms with Gasteiger partial charge in [-0.2, -0.15) is 0 Å². The first kappa shape index (κ1) is 16.7. The maximum atomic E-state index is 12.6. The Labute approximate surface area is 122 Å². The van der Waals surface area contributed by atoms with Gasteiger partial charge in [-0.25, -0.2) is 0 Å². The molecule has 0 spiro atoms. The van der Waals surface area contributed by atoms with E-state index in [2.05, 4.69) is 13.8 Å². The van der Waals surface area contributed by atoms with Gasteiger partial charge in [-0.05, 0) is 37.5 Å². The molecule has 1 unspecified atom stereocenters. The number of piperidine rings is 1. The smallest absolute Gasteiger partial charge is 0.242 e. The van der Waals surface area contributed by atoms with E-state index in [9.17, 15) is 4.79 Å². The van der Waals surface area contributed by atoms with Crippen molar-refractivity contribution in [1.29, 1.82) is 0 Å². The summed E-state index contributed by atoms with van der Waals surface area (Å²) < 4.78 is 5.31. The fraction of sp³-hybridized carbons (Fsp3) is 0.929. The molecule has 0 bridgehead atoms. The minimum absolute atomic E-state index is 0. The highest BCUT2D eigenvalue weighted by atomic mass is 35.5. The van der Waals surface area contributed by atoms with Gasteiger partial charge in [-0.15, -0.1) is 12.4 Å². The van der Waals surface area contributed by atoms with E-state index < -0.39 is 5.54 Å². The van der Waals surface area contributed by atoms with Gasteiger partial charge in [0.25, 0.3) is 0 Å². The summed E-state index contributed by atoms with van der Waals surface area (Å²) in [4.78, 5) is 14.6. The summed E-state index contributed by atoms with van der Waals surface area (Å²) in [6.07, 6.45) is 4.75. The molecule has 2 saturated heterocycles. The fourth-order valence-electron chi connectivity index (χ4n) is 3.04. The summed E-state index contributed by atoms with van der Waals surface area (Å²) in [5.74, 6) is 0.144. The second-order valence-electron chi connectivity index (χ2n) is 6.26. The molecule has 19 heavy (non-hydrogen) atoms. The summed E-state index contributed by atoms with van der Waals surface area (Å²) in [5.41, 5.74) is 5.89. The largest absolute Gasteiger partial charge is 0.381 e. The number of amides is 1. The molecule has 0 saturated carbocycles. The Kier molecular flexibility index (Phi) is 5.65. The molecule has 4 nitrogen and oxygen atoms in total. The molecule has 5 heteroatoms. The van der Waals surface area contributed by atoms with E-state index in [0.29, 0.717) is 26.1 Å². The van der Waals surface area contributed by atoms with Gasteiger partial charge in [0.05, 0.1) is 5.54 Å². The van der Waals surface area contributed by atoms with E-state index in [1.807, 2.05) is 4.90 Å². The number of rotatable bonds is 2. The standard InChI is InChI=1S/C14H26N2O2.ClH/c1-3-13(2)5-4-8-16(11-13)12(17)14(15)6-9-18-10-7-14;/h3-11,15H2,1-2H3;1H. The number of hydrogen-bond acceptors (Lipinski definition) is 3. The SMILES string of the molecule is CCC1(C)CCCN(C(=O)C2(N)CCOCC2)C1.Cl. The normalized spacial score (nSPS) is 30.6. The molecule has 2 rings (SSSR count). The van der Waals surface area contributed by atoms with Crippen LogP contribution in [0.15, 0.2) is 0 Å². The van der Waals surface area contributed by atoms with E-state index >= 15 is 0 Å². The number of likely N-dealkylation sites (tertiary alicyclic amines) is 1. The van der Waals surface area contributed by atoms with Gasteiger partial charge in [0, 0.05) is 26.3 Å². The average molecular weight is 291 g/mol. The van der Waals surface area contributed by atoms with Crippen molar-refractivity contribution < 1.29 is 9.53 Å². The van der Waals surface area contributed by atoms with E-state index in [0.717, 1.165) is 25.9 Å². The van der Waals surface area contributed by atoms with Crippen molar-refractivity contribution in [3.8, 4) is 0 Å². The Morgan fingerprint density at radius 1 is 1.32 bits per heavy atom. The van der Waals surface area contributed by atoms with Crippen molar-refractivity contribution in [2.75, 3.05) is 26.3 Å². The van der Waals surface area contributed by atoms with Crippen molar-refractivity contribution in [2.24, 2.45) is 11.1 Å². The van der Waals surface area contributed by atoms with Gasteiger partial charge in [0.2, 0.25) is 5.91 Å². The second-order valence-corrected chi connectivity index (χ2v) is 6.26. The van der Waals surface area contributed by atoms with Crippen LogP contribution in [0.1, 0.15) is 46.0 Å². The first-order valence-corrected chi connectivity index (χ1v) is 7.15. The monoisotopic (exact) mass is 290 g/mol. The van der Waals surface area contributed by atoms with Crippen molar-refractivity contribution in [3.63, 3.8) is 0 Å². The number of carbonyl (C=O) groups excluding carboxylic acids is 1. The van der Waals surface area contributed by atoms with Gasteiger partial charge in [-0.1, -0.05) is 13.8 Å². The summed E-state index contributed by atoms with van der Waals surface area (Å²) in [7, 11) is 0. The van der Waals surface area contributed by atoms with Gasteiger partial charge in [0.15, 0.2) is 0 Å². The molecule has 0 radical (unpaired) electrons. The zero-order chi connectivity index (χ0) is 13.2. The van der Waals surface area contributed by atoms with Gasteiger partial charge in [-0.3, -0.25) is 4.79 Å². The van der Waals surface area contributed by atoms with Crippen LogP contribution in [0.2, 0.25) is 0 Å². The molecule has 112 valence electrons. The van der Waals surface area contributed by atoms with E-state index in [4.69, 9.17) is 10.5 Å². The third-order valence-electron chi connectivity index (χ3n) is 4.73. The molecule has 2 aliphatic heterocycles. The minimum Gasteiger partial charge on any atom is -0.381 e. The zero-order valence-corrected chi connectivity index (χ0v) is 12.9. The lowest BCUT2D eigenvalue weighted by atomic mass is 9.78. The molecule has 0 aromatic carbocycles. The predicted molar refractivity (Wildman–Crippen MR) is 78.4 cm³/mol. The minimum atomic E-state index is -0.676. The van der Waals surface area contributed by atoms with Crippen molar-refractivity contribution in [3.05, 3.63) is 0 Å². The Hall–Kier alpha value is -0.320. The number of nitrogens with two attached hydrogens (primary N) is 1. The van der Waals surface area contributed by atoms with E-state index in [1.165, 1.54) is 6.42 Å². The summed E-state index contributed by atoms with van der Waals surface area (Å²) in [5, 5.41) is 0. The average Bonchev–Trinajstić information content (AvgIpc) is 2.39. The van der Waals surface area contributed by atoms with Crippen LogP contribution in [0, 0.1) is 5.41 Å². The molecule has 0 aliphatic carbocycles. The molecule has 0 aromatic heterocycles. The summed E-state index contributed by atoms with van der Waals surface area (Å²) in [6.45, 7) is 7.44. The number of carbonyl (C=O) groups is 1. The van der Waals surface area contributed by atoms with Crippen LogP contribution in [-0.4, -0.2) is 42.6 Å². The van der Waals surface area contributed by atoms with Crippen LogP contribution < -0.4 is 5.73 Å². The molecule has 2 fully saturated rings. The molecule has 1 amide bonds. The third kappa shape index (κ3) is 3.61. The van der Waals surface area contributed by atoms with Crippen LogP contribution in [0.4, 0.5) is 0 Å².